The van der Waals surface area contributed by atoms with Gasteiger partial charge in [-0.05, 0) is 38.6 Å². The van der Waals surface area contributed by atoms with E-state index in [1.807, 2.05) is 33.0 Å². The van der Waals surface area contributed by atoms with Crippen LogP contribution in [-0.2, 0) is 6.54 Å². The molecule has 90 valence electrons. The van der Waals surface area contributed by atoms with E-state index in [0.29, 0.717) is 6.61 Å². The molecule has 0 heterocycles. The Morgan fingerprint density at radius 1 is 1.31 bits per heavy atom. The van der Waals surface area contributed by atoms with Crippen LogP contribution in [-0.4, -0.2) is 36.3 Å². The zero-order valence-electron chi connectivity index (χ0n) is 10.3. The van der Waals surface area contributed by atoms with Crippen molar-refractivity contribution in [3.63, 3.8) is 0 Å². The number of likely N-dealkylation sites (N-methyl/N-ethyl adjacent to an activating group) is 1. The van der Waals surface area contributed by atoms with Crippen LogP contribution >= 0.6 is 0 Å². The van der Waals surface area contributed by atoms with E-state index in [1.54, 1.807) is 0 Å². The van der Waals surface area contributed by atoms with E-state index in [9.17, 15) is 0 Å². The summed E-state index contributed by atoms with van der Waals surface area (Å²) in [6, 6.07) is 8.27. The molecule has 16 heavy (non-hydrogen) atoms. The number of aliphatic hydroxyl groups is 1. The Bertz CT molecular complexity index is 297. The molecule has 1 atom stereocenters. The largest absolute Gasteiger partial charge is 0.494 e. The molecule has 1 N–H and O–H groups in total. The van der Waals surface area contributed by atoms with E-state index < -0.39 is 0 Å². The summed E-state index contributed by atoms with van der Waals surface area (Å²) >= 11 is 0. The summed E-state index contributed by atoms with van der Waals surface area (Å²) in [4.78, 5) is 2.12. The van der Waals surface area contributed by atoms with Crippen molar-refractivity contribution in [3.8, 4) is 5.75 Å². The summed E-state index contributed by atoms with van der Waals surface area (Å²) in [5.41, 5.74) is 1.23. The first-order chi connectivity index (χ1) is 7.67. The van der Waals surface area contributed by atoms with Crippen LogP contribution < -0.4 is 4.74 Å². The van der Waals surface area contributed by atoms with Gasteiger partial charge in [0, 0.05) is 12.6 Å². The Morgan fingerprint density at radius 2 is 1.94 bits per heavy atom. The minimum Gasteiger partial charge on any atom is -0.494 e. The molecule has 0 aliphatic heterocycles. The van der Waals surface area contributed by atoms with Gasteiger partial charge in [-0.2, -0.15) is 0 Å². The third kappa shape index (κ3) is 3.83. The highest BCUT2D eigenvalue weighted by Gasteiger charge is 2.07. The lowest BCUT2D eigenvalue weighted by Crippen LogP contribution is -2.31. The second kappa shape index (κ2) is 6.51. The van der Waals surface area contributed by atoms with Crippen molar-refractivity contribution in [2.75, 3.05) is 20.3 Å². The Labute approximate surface area is 97.7 Å². The Hall–Kier alpha value is -1.06. The van der Waals surface area contributed by atoms with Crippen LogP contribution in [0.4, 0.5) is 0 Å². The number of hydrogen-bond acceptors (Lipinski definition) is 3. The molecule has 0 radical (unpaired) electrons. The van der Waals surface area contributed by atoms with Gasteiger partial charge in [-0.15, -0.1) is 0 Å². The summed E-state index contributed by atoms with van der Waals surface area (Å²) in [5, 5.41) is 9.04. The summed E-state index contributed by atoms with van der Waals surface area (Å²) in [6.07, 6.45) is 0. The normalized spacial score (nSPS) is 12.8. The molecule has 1 aromatic carbocycles. The number of nitrogens with zero attached hydrogens (tertiary/aromatic N) is 1. The highest BCUT2D eigenvalue weighted by molar-refractivity contribution is 5.27. The van der Waals surface area contributed by atoms with E-state index in [-0.39, 0.29) is 12.6 Å². The number of hydrogen-bond donors (Lipinski definition) is 1. The average Bonchev–Trinajstić information content (AvgIpc) is 2.31. The average molecular weight is 223 g/mol. The molecule has 3 heteroatoms. The van der Waals surface area contributed by atoms with Gasteiger partial charge in [-0.25, -0.2) is 0 Å². The van der Waals surface area contributed by atoms with Gasteiger partial charge in [-0.1, -0.05) is 12.1 Å². The van der Waals surface area contributed by atoms with Crippen LogP contribution in [0.3, 0.4) is 0 Å². The van der Waals surface area contributed by atoms with Crippen LogP contribution in [0.25, 0.3) is 0 Å². The molecule has 1 aromatic rings. The third-order valence-electron chi connectivity index (χ3n) is 2.68. The maximum atomic E-state index is 9.04. The molecule has 1 unspecified atom stereocenters. The van der Waals surface area contributed by atoms with E-state index >= 15 is 0 Å². The standard InChI is InChI=1S/C13H21NO2/c1-4-16-13-7-5-12(6-8-13)9-14(3)11(2)10-15/h5-8,11,15H,4,9-10H2,1-3H3. The molecule has 0 aliphatic carbocycles. The second-order valence-electron chi connectivity index (χ2n) is 4.02. The molecular weight excluding hydrogens is 202 g/mol. The number of rotatable bonds is 6. The van der Waals surface area contributed by atoms with Gasteiger partial charge >= 0.3 is 0 Å². The van der Waals surface area contributed by atoms with Crippen molar-refractivity contribution in [1.29, 1.82) is 0 Å². The summed E-state index contributed by atoms with van der Waals surface area (Å²) < 4.78 is 5.38. The van der Waals surface area contributed by atoms with Crippen LogP contribution in [0.5, 0.6) is 5.75 Å². The summed E-state index contributed by atoms with van der Waals surface area (Å²) in [5.74, 6) is 0.907. The first kappa shape index (κ1) is 13.0. The molecule has 0 spiro atoms. The van der Waals surface area contributed by atoms with Gasteiger partial charge in [0.15, 0.2) is 0 Å². The topological polar surface area (TPSA) is 32.7 Å². The van der Waals surface area contributed by atoms with Crippen molar-refractivity contribution in [2.45, 2.75) is 26.4 Å². The van der Waals surface area contributed by atoms with Crippen molar-refractivity contribution in [1.82, 2.24) is 4.90 Å². The summed E-state index contributed by atoms with van der Waals surface area (Å²) in [7, 11) is 2.01. The number of ether oxygens (including phenoxy) is 1. The van der Waals surface area contributed by atoms with Gasteiger partial charge in [0.25, 0.3) is 0 Å². The SMILES string of the molecule is CCOc1ccc(CN(C)C(C)CO)cc1. The van der Waals surface area contributed by atoms with Gasteiger partial charge < -0.3 is 9.84 Å². The van der Waals surface area contributed by atoms with Crippen molar-refractivity contribution < 1.29 is 9.84 Å². The zero-order valence-corrected chi connectivity index (χ0v) is 10.3. The monoisotopic (exact) mass is 223 g/mol. The highest BCUT2D eigenvalue weighted by atomic mass is 16.5. The fraction of sp³-hybridized carbons (Fsp3) is 0.538. The maximum Gasteiger partial charge on any atom is 0.119 e. The first-order valence-corrected chi connectivity index (χ1v) is 5.70. The fourth-order valence-electron chi connectivity index (χ4n) is 1.44. The Kier molecular flexibility index (Phi) is 5.29. The minimum absolute atomic E-state index is 0.187. The van der Waals surface area contributed by atoms with Crippen molar-refractivity contribution in [3.05, 3.63) is 29.8 Å². The lowest BCUT2D eigenvalue weighted by molar-refractivity contribution is 0.154. The third-order valence-corrected chi connectivity index (χ3v) is 2.68. The van der Waals surface area contributed by atoms with E-state index in [1.165, 1.54) is 5.56 Å². The minimum atomic E-state index is 0.187. The predicted octanol–water partition coefficient (Wildman–Crippen LogP) is 1.90. The smallest absolute Gasteiger partial charge is 0.119 e. The van der Waals surface area contributed by atoms with Crippen molar-refractivity contribution in [2.24, 2.45) is 0 Å². The lowest BCUT2D eigenvalue weighted by atomic mass is 10.2. The predicted molar refractivity (Wildman–Crippen MR) is 65.6 cm³/mol. The van der Waals surface area contributed by atoms with Crippen LogP contribution in [0.2, 0.25) is 0 Å². The molecule has 0 aromatic heterocycles. The molecule has 0 aliphatic rings. The van der Waals surface area contributed by atoms with E-state index in [0.717, 1.165) is 12.3 Å². The first-order valence-electron chi connectivity index (χ1n) is 5.70. The molecule has 0 saturated heterocycles. The number of benzene rings is 1. The fourth-order valence-corrected chi connectivity index (χ4v) is 1.44. The number of aliphatic hydroxyl groups excluding tert-OH is 1. The molecule has 0 bridgehead atoms. The van der Waals surface area contributed by atoms with E-state index in [2.05, 4.69) is 17.0 Å². The summed E-state index contributed by atoms with van der Waals surface area (Å²) in [6.45, 7) is 5.71. The Balaban J connectivity index is 2.54. The molecule has 0 fully saturated rings. The van der Waals surface area contributed by atoms with Gasteiger partial charge in [0.05, 0.1) is 13.2 Å². The molecule has 3 nitrogen and oxygen atoms in total. The van der Waals surface area contributed by atoms with Gasteiger partial charge in [-0.3, -0.25) is 4.90 Å². The zero-order chi connectivity index (χ0) is 12.0. The lowest BCUT2D eigenvalue weighted by Gasteiger charge is -2.22. The quantitative estimate of drug-likeness (QED) is 0.799. The van der Waals surface area contributed by atoms with Crippen molar-refractivity contribution >= 4 is 0 Å². The second-order valence-corrected chi connectivity index (χ2v) is 4.02. The highest BCUT2D eigenvalue weighted by Crippen LogP contribution is 2.13. The van der Waals surface area contributed by atoms with E-state index in [4.69, 9.17) is 9.84 Å². The molecular formula is C13H21NO2. The molecule has 0 saturated carbocycles. The van der Waals surface area contributed by atoms with Crippen LogP contribution in [0.1, 0.15) is 19.4 Å². The van der Waals surface area contributed by atoms with Gasteiger partial charge in [0.2, 0.25) is 0 Å². The van der Waals surface area contributed by atoms with Crippen LogP contribution in [0.15, 0.2) is 24.3 Å². The molecule has 1 rings (SSSR count). The van der Waals surface area contributed by atoms with Gasteiger partial charge in [0.1, 0.15) is 5.75 Å². The Morgan fingerprint density at radius 3 is 2.44 bits per heavy atom. The molecule has 0 amide bonds. The maximum absolute atomic E-state index is 9.04. The van der Waals surface area contributed by atoms with Crippen LogP contribution in [0, 0.1) is 0 Å².